The highest BCUT2D eigenvalue weighted by Crippen LogP contribution is 2.39. The van der Waals surface area contributed by atoms with Gasteiger partial charge in [-0.2, -0.15) is 0 Å². The summed E-state index contributed by atoms with van der Waals surface area (Å²) in [6.07, 6.45) is 3.90. The van der Waals surface area contributed by atoms with Crippen LogP contribution in [0.15, 0.2) is 182 Å². The Morgan fingerprint density at radius 2 is 0.846 bits per heavy atom. The first-order valence-corrected chi connectivity index (χ1v) is 18.1. The van der Waals surface area contributed by atoms with Crippen molar-refractivity contribution in [3.8, 4) is 33.8 Å². The standard InChI is InChI=1S/C47H30N4S/c1-3-9-36-29-48-44(27-34(36)7-1)32-15-21-39(22-16-32)51(40-23-17-33(18-24-40)45-28-35-8-2-4-10-37(35)30-49-45)38-19-13-31(14-20-38)43-26-25-42-41-11-5-6-12-46(41)52-47(42)50-43/h1-30H. The summed E-state index contributed by atoms with van der Waals surface area (Å²) in [6.45, 7) is 0. The van der Waals surface area contributed by atoms with Crippen molar-refractivity contribution in [2.75, 3.05) is 4.90 Å². The van der Waals surface area contributed by atoms with Crippen molar-refractivity contribution in [3.05, 3.63) is 182 Å². The molecule has 10 rings (SSSR count). The quantitative estimate of drug-likeness (QED) is 0.175. The van der Waals surface area contributed by atoms with Crippen LogP contribution < -0.4 is 4.90 Å². The summed E-state index contributed by atoms with van der Waals surface area (Å²) in [5, 5.41) is 7.10. The highest BCUT2D eigenvalue weighted by molar-refractivity contribution is 7.25. The molecule has 0 atom stereocenters. The lowest BCUT2D eigenvalue weighted by atomic mass is 10.0. The SMILES string of the molecule is c1ccc2cc(-c3ccc(N(c4ccc(-c5cc6ccccc6cn5)cc4)c4ccc(-c5ccc6c(n5)sc5ccccc56)cc4)cc3)ncc2c1. The molecule has 10 aromatic rings. The number of benzene rings is 6. The molecule has 4 heterocycles. The van der Waals surface area contributed by atoms with Crippen LogP contribution >= 0.6 is 11.3 Å². The normalized spacial score (nSPS) is 11.5. The van der Waals surface area contributed by atoms with Gasteiger partial charge in [-0.25, -0.2) is 4.98 Å². The average Bonchev–Trinajstić information content (AvgIpc) is 3.59. The average molecular weight is 683 g/mol. The number of anilines is 3. The molecule has 0 radical (unpaired) electrons. The summed E-state index contributed by atoms with van der Waals surface area (Å²) < 4.78 is 1.26. The van der Waals surface area contributed by atoms with E-state index in [9.17, 15) is 0 Å². The molecule has 0 unspecified atom stereocenters. The van der Waals surface area contributed by atoms with Crippen molar-refractivity contribution < 1.29 is 0 Å². The van der Waals surface area contributed by atoms with Gasteiger partial charge in [-0.1, -0.05) is 103 Å². The van der Waals surface area contributed by atoms with E-state index in [1.54, 1.807) is 11.3 Å². The molecular formula is C47H30N4S. The van der Waals surface area contributed by atoms with E-state index in [1.165, 1.54) is 26.2 Å². The van der Waals surface area contributed by atoms with Crippen LogP contribution in [-0.4, -0.2) is 15.0 Å². The summed E-state index contributed by atoms with van der Waals surface area (Å²) >= 11 is 1.74. The van der Waals surface area contributed by atoms with Gasteiger partial charge in [0.05, 0.1) is 17.1 Å². The second-order valence-corrected chi connectivity index (χ2v) is 14.0. The van der Waals surface area contributed by atoms with Crippen molar-refractivity contribution in [2.24, 2.45) is 0 Å². The third kappa shape index (κ3) is 5.45. The predicted molar refractivity (Wildman–Crippen MR) is 219 cm³/mol. The van der Waals surface area contributed by atoms with Crippen LogP contribution in [0.1, 0.15) is 0 Å². The Bertz CT molecular complexity index is 2770. The summed E-state index contributed by atoms with van der Waals surface area (Å²) in [5.41, 5.74) is 9.27. The Hall–Kier alpha value is -6.69. The Morgan fingerprint density at radius 3 is 1.38 bits per heavy atom. The van der Waals surface area contributed by atoms with Crippen molar-refractivity contribution in [2.45, 2.75) is 0 Å². The maximum atomic E-state index is 5.08. The van der Waals surface area contributed by atoms with Gasteiger partial charge < -0.3 is 4.90 Å². The van der Waals surface area contributed by atoms with Gasteiger partial charge in [0, 0.05) is 72.4 Å². The molecule has 5 heteroatoms. The molecule has 0 aliphatic heterocycles. The third-order valence-electron chi connectivity index (χ3n) is 9.77. The maximum Gasteiger partial charge on any atom is 0.125 e. The molecule has 4 nitrogen and oxygen atoms in total. The van der Waals surface area contributed by atoms with Gasteiger partial charge in [-0.3, -0.25) is 9.97 Å². The van der Waals surface area contributed by atoms with E-state index in [0.29, 0.717) is 0 Å². The minimum atomic E-state index is 0.955. The Kier molecular flexibility index (Phi) is 7.29. The number of thiophene rings is 1. The molecule has 0 aliphatic carbocycles. The van der Waals surface area contributed by atoms with Crippen molar-refractivity contribution >= 4 is 70.2 Å². The van der Waals surface area contributed by atoms with Crippen LogP contribution in [0.2, 0.25) is 0 Å². The van der Waals surface area contributed by atoms with Gasteiger partial charge in [0.15, 0.2) is 0 Å². The second-order valence-electron chi connectivity index (χ2n) is 13.0. The van der Waals surface area contributed by atoms with Gasteiger partial charge in [0.1, 0.15) is 4.83 Å². The summed E-state index contributed by atoms with van der Waals surface area (Å²) in [7, 11) is 0. The van der Waals surface area contributed by atoms with Crippen LogP contribution in [0.3, 0.4) is 0 Å². The zero-order valence-corrected chi connectivity index (χ0v) is 28.8. The molecule has 0 saturated heterocycles. The number of rotatable bonds is 6. The van der Waals surface area contributed by atoms with Crippen molar-refractivity contribution in [3.63, 3.8) is 0 Å². The fraction of sp³-hybridized carbons (Fsp3) is 0. The largest absolute Gasteiger partial charge is 0.311 e. The maximum absolute atomic E-state index is 5.08. The summed E-state index contributed by atoms with van der Waals surface area (Å²) in [6, 6.07) is 59.9. The zero-order valence-electron chi connectivity index (χ0n) is 28.0. The molecule has 0 amide bonds. The first-order chi connectivity index (χ1) is 25.7. The Balaban J connectivity index is 1.02. The van der Waals surface area contributed by atoms with Crippen LogP contribution in [0, 0.1) is 0 Å². The number of hydrogen-bond donors (Lipinski definition) is 0. The van der Waals surface area contributed by atoms with E-state index in [-0.39, 0.29) is 0 Å². The van der Waals surface area contributed by atoms with Crippen LogP contribution in [0.25, 0.3) is 75.6 Å². The van der Waals surface area contributed by atoms with E-state index in [1.807, 2.05) is 24.5 Å². The van der Waals surface area contributed by atoms with Gasteiger partial charge in [-0.15, -0.1) is 11.3 Å². The zero-order chi connectivity index (χ0) is 34.4. The van der Waals surface area contributed by atoms with Gasteiger partial charge in [-0.05, 0) is 77.5 Å². The number of pyridine rings is 3. The van der Waals surface area contributed by atoms with E-state index in [0.717, 1.165) is 66.4 Å². The van der Waals surface area contributed by atoms with E-state index < -0.39 is 0 Å². The lowest BCUT2D eigenvalue weighted by Crippen LogP contribution is -2.09. The Morgan fingerprint density at radius 1 is 0.385 bits per heavy atom. The lowest BCUT2D eigenvalue weighted by Gasteiger charge is -2.26. The minimum Gasteiger partial charge on any atom is -0.311 e. The first kappa shape index (κ1) is 30.2. The predicted octanol–water partition coefficient (Wildman–Crippen LogP) is 13.0. The van der Waals surface area contributed by atoms with Gasteiger partial charge >= 0.3 is 0 Å². The van der Waals surface area contributed by atoms with Gasteiger partial charge in [0.25, 0.3) is 0 Å². The van der Waals surface area contributed by atoms with Crippen molar-refractivity contribution in [1.82, 2.24) is 15.0 Å². The Labute approximate surface area is 305 Å². The lowest BCUT2D eigenvalue weighted by molar-refractivity contribution is 1.27. The smallest absolute Gasteiger partial charge is 0.125 e. The molecule has 0 saturated carbocycles. The molecule has 0 fully saturated rings. The second kappa shape index (κ2) is 12.6. The van der Waals surface area contributed by atoms with E-state index in [2.05, 4.69) is 163 Å². The van der Waals surface area contributed by atoms with E-state index in [4.69, 9.17) is 15.0 Å². The molecule has 0 spiro atoms. The summed E-state index contributed by atoms with van der Waals surface area (Å²) in [5.74, 6) is 0. The fourth-order valence-electron chi connectivity index (χ4n) is 7.04. The molecule has 0 N–H and O–H groups in total. The molecular weight excluding hydrogens is 653 g/mol. The van der Waals surface area contributed by atoms with Crippen LogP contribution in [-0.2, 0) is 0 Å². The monoisotopic (exact) mass is 682 g/mol. The molecule has 244 valence electrons. The number of nitrogens with zero attached hydrogens (tertiary/aromatic N) is 4. The van der Waals surface area contributed by atoms with E-state index >= 15 is 0 Å². The van der Waals surface area contributed by atoms with Crippen LogP contribution in [0.5, 0.6) is 0 Å². The minimum absolute atomic E-state index is 0.955. The van der Waals surface area contributed by atoms with Crippen molar-refractivity contribution in [1.29, 1.82) is 0 Å². The first-order valence-electron chi connectivity index (χ1n) is 17.3. The van der Waals surface area contributed by atoms with Crippen LogP contribution in [0.4, 0.5) is 17.1 Å². The highest BCUT2D eigenvalue weighted by atomic mass is 32.1. The number of aromatic nitrogens is 3. The molecule has 4 aromatic heterocycles. The van der Waals surface area contributed by atoms with Gasteiger partial charge in [0.2, 0.25) is 0 Å². The fourth-order valence-corrected chi connectivity index (χ4v) is 8.11. The summed E-state index contributed by atoms with van der Waals surface area (Å²) in [4.78, 5) is 18.0. The number of hydrogen-bond acceptors (Lipinski definition) is 5. The highest BCUT2D eigenvalue weighted by Gasteiger charge is 2.15. The molecule has 6 aromatic carbocycles. The number of fused-ring (bicyclic) bond motifs is 5. The topological polar surface area (TPSA) is 41.9 Å². The molecule has 0 bridgehead atoms. The molecule has 52 heavy (non-hydrogen) atoms. The third-order valence-corrected chi connectivity index (χ3v) is 10.9. The molecule has 0 aliphatic rings.